The van der Waals surface area contributed by atoms with Crippen molar-refractivity contribution in [2.75, 3.05) is 4.72 Å². The van der Waals surface area contributed by atoms with Gasteiger partial charge in [-0.25, -0.2) is 13.4 Å². The molecule has 134 valence electrons. The van der Waals surface area contributed by atoms with Gasteiger partial charge >= 0.3 is 5.69 Å². The van der Waals surface area contributed by atoms with E-state index in [1.54, 1.807) is 24.3 Å². The first-order valence-electron chi connectivity index (χ1n) is 7.29. The van der Waals surface area contributed by atoms with E-state index in [-0.39, 0.29) is 4.90 Å². The second kappa shape index (κ2) is 6.73. The summed E-state index contributed by atoms with van der Waals surface area (Å²) in [6.07, 6.45) is 0. The summed E-state index contributed by atoms with van der Waals surface area (Å²) in [7, 11) is -4.06. The van der Waals surface area contributed by atoms with Crippen molar-refractivity contribution in [1.29, 1.82) is 0 Å². The average molecular weight is 391 g/mol. The molecule has 26 heavy (non-hydrogen) atoms. The van der Waals surface area contributed by atoms with E-state index in [1.165, 1.54) is 11.3 Å². The minimum atomic E-state index is -4.06. The lowest BCUT2D eigenvalue weighted by molar-refractivity contribution is -0.386. The highest BCUT2D eigenvalue weighted by Crippen LogP contribution is 2.30. The molecule has 3 aromatic rings. The third-order valence-corrected chi connectivity index (χ3v) is 5.64. The lowest BCUT2D eigenvalue weighted by Crippen LogP contribution is -2.13. The molecule has 0 atom stereocenters. The van der Waals surface area contributed by atoms with Crippen LogP contribution in [0.4, 0.5) is 11.4 Å². The number of sulfonamides is 1. The predicted octanol–water partition coefficient (Wildman–Crippen LogP) is 3.53. The monoisotopic (exact) mass is 391 g/mol. The Bertz CT molecular complexity index is 1090. The molecule has 0 fully saturated rings. The Kier molecular flexibility index (Phi) is 4.62. The van der Waals surface area contributed by atoms with E-state index < -0.39 is 26.4 Å². The fourth-order valence-corrected chi connectivity index (χ4v) is 3.96. The molecular formula is C16H13N3O5S2. The minimum Gasteiger partial charge on any atom is -0.502 e. The van der Waals surface area contributed by atoms with Crippen molar-refractivity contribution in [1.82, 2.24) is 4.98 Å². The van der Waals surface area contributed by atoms with Crippen LogP contribution in [0.5, 0.6) is 5.75 Å². The SMILES string of the molecule is Cc1nc(-c2cccc(NS(=O)(=O)c3ccc(O)c([N+](=O)[O-])c3)c2)cs1. The summed E-state index contributed by atoms with van der Waals surface area (Å²) in [5.41, 5.74) is 1.09. The summed E-state index contributed by atoms with van der Waals surface area (Å²) in [4.78, 5) is 14.1. The summed E-state index contributed by atoms with van der Waals surface area (Å²) in [5, 5.41) is 23.1. The maximum atomic E-state index is 12.5. The third-order valence-electron chi connectivity index (χ3n) is 3.48. The predicted molar refractivity (Wildman–Crippen MR) is 97.9 cm³/mol. The van der Waals surface area contributed by atoms with Crippen LogP contribution in [0.2, 0.25) is 0 Å². The van der Waals surface area contributed by atoms with Gasteiger partial charge < -0.3 is 5.11 Å². The zero-order valence-corrected chi connectivity index (χ0v) is 15.0. The first-order chi connectivity index (χ1) is 12.3. The molecule has 0 spiro atoms. The highest BCUT2D eigenvalue weighted by atomic mass is 32.2. The van der Waals surface area contributed by atoms with Gasteiger partial charge in [0, 0.05) is 22.7 Å². The number of aryl methyl sites for hydroxylation is 1. The fourth-order valence-electron chi connectivity index (χ4n) is 2.27. The van der Waals surface area contributed by atoms with E-state index in [2.05, 4.69) is 9.71 Å². The van der Waals surface area contributed by atoms with Crippen molar-refractivity contribution in [3.05, 3.63) is 63.0 Å². The number of anilines is 1. The van der Waals surface area contributed by atoms with Gasteiger partial charge in [-0.2, -0.15) is 0 Å². The Morgan fingerprint density at radius 1 is 1.23 bits per heavy atom. The number of aromatic hydroxyl groups is 1. The minimum absolute atomic E-state index is 0.295. The van der Waals surface area contributed by atoms with Crippen LogP contribution in [0.3, 0.4) is 0 Å². The Morgan fingerprint density at radius 3 is 2.65 bits per heavy atom. The normalized spacial score (nSPS) is 11.3. The molecular weight excluding hydrogens is 378 g/mol. The molecule has 3 rings (SSSR count). The van der Waals surface area contributed by atoms with Crippen LogP contribution in [0.15, 0.2) is 52.7 Å². The number of nitro groups is 1. The average Bonchev–Trinajstić information content (AvgIpc) is 3.01. The maximum absolute atomic E-state index is 12.5. The third kappa shape index (κ3) is 3.65. The summed E-state index contributed by atoms with van der Waals surface area (Å²) in [6.45, 7) is 1.87. The molecule has 2 N–H and O–H groups in total. The highest BCUT2D eigenvalue weighted by Gasteiger charge is 2.21. The number of aromatic nitrogens is 1. The summed E-state index contributed by atoms with van der Waals surface area (Å²) in [5.74, 6) is -0.602. The number of phenols is 1. The van der Waals surface area contributed by atoms with E-state index in [0.717, 1.165) is 34.5 Å². The smallest absolute Gasteiger partial charge is 0.312 e. The van der Waals surface area contributed by atoms with Gasteiger partial charge in [0.25, 0.3) is 10.0 Å². The van der Waals surface area contributed by atoms with Gasteiger partial charge in [0.2, 0.25) is 0 Å². The van der Waals surface area contributed by atoms with Gasteiger partial charge in [-0.1, -0.05) is 12.1 Å². The van der Waals surface area contributed by atoms with Crippen LogP contribution in [-0.2, 0) is 10.0 Å². The van der Waals surface area contributed by atoms with Crippen LogP contribution in [0.25, 0.3) is 11.3 Å². The number of hydrogen-bond acceptors (Lipinski definition) is 7. The molecule has 0 radical (unpaired) electrons. The second-order valence-corrected chi connectivity index (χ2v) is 8.09. The largest absolute Gasteiger partial charge is 0.502 e. The molecule has 0 amide bonds. The van der Waals surface area contributed by atoms with Gasteiger partial charge in [-0.05, 0) is 31.2 Å². The van der Waals surface area contributed by atoms with Crippen molar-refractivity contribution in [3.63, 3.8) is 0 Å². The van der Waals surface area contributed by atoms with E-state index in [0.29, 0.717) is 5.69 Å². The van der Waals surface area contributed by atoms with Crippen LogP contribution < -0.4 is 4.72 Å². The number of thiazole rings is 1. The number of phenolic OH excluding ortho intramolecular Hbond substituents is 1. The fraction of sp³-hybridized carbons (Fsp3) is 0.0625. The molecule has 0 aliphatic rings. The van der Waals surface area contributed by atoms with Gasteiger partial charge in [0.15, 0.2) is 5.75 Å². The van der Waals surface area contributed by atoms with Crippen molar-refractivity contribution < 1.29 is 18.4 Å². The number of benzene rings is 2. The molecule has 8 nitrogen and oxygen atoms in total. The molecule has 0 aliphatic heterocycles. The molecule has 1 aromatic heterocycles. The van der Waals surface area contributed by atoms with Crippen LogP contribution in [0, 0.1) is 17.0 Å². The highest BCUT2D eigenvalue weighted by molar-refractivity contribution is 7.92. The summed E-state index contributed by atoms with van der Waals surface area (Å²) in [6, 6.07) is 9.56. The summed E-state index contributed by atoms with van der Waals surface area (Å²) >= 11 is 1.48. The Balaban J connectivity index is 1.93. The van der Waals surface area contributed by atoms with Crippen molar-refractivity contribution in [2.24, 2.45) is 0 Å². The van der Waals surface area contributed by atoms with E-state index in [1.807, 2.05) is 12.3 Å². The Hall–Kier alpha value is -2.98. The summed E-state index contributed by atoms with van der Waals surface area (Å²) < 4.78 is 27.4. The standard InChI is InChI=1S/C16H13N3O5S2/c1-10-17-14(9-25-10)11-3-2-4-12(7-11)18-26(23,24)13-5-6-16(20)15(8-13)19(21)22/h2-9,18,20H,1H3. The van der Waals surface area contributed by atoms with Gasteiger partial charge in [0.1, 0.15) is 0 Å². The van der Waals surface area contributed by atoms with Gasteiger partial charge in [-0.3, -0.25) is 14.8 Å². The van der Waals surface area contributed by atoms with Crippen LogP contribution in [0.1, 0.15) is 5.01 Å². The van der Waals surface area contributed by atoms with E-state index >= 15 is 0 Å². The Labute approximate surface area is 153 Å². The molecule has 1 heterocycles. The number of nitrogens with zero attached hydrogens (tertiary/aromatic N) is 2. The lowest BCUT2D eigenvalue weighted by Gasteiger charge is -2.09. The zero-order valence-electron chi connectivity index (χ0n) is 13.4. The maximum Gasteiger partial charge on any atom is 0.312 e. The second-order valence-electron chi connectivity index (χ2n) is 5.35. The van der Waals surface area contributed by atoms with Gasteiger partial charge in [0.05, 0.1) is 20.5 Å². The lowest BCUT2D eigenvalue weighted by atomic mass is 10.1. The number of hydrogen-bond donors (Lipinski definition) is 2. The molecule has 0 unspecified atom stereocenters. The van der Waals surface area contributed by atoms with E-state index in [4.69, 9.17) is 0 Å². The number of nitrogens with one attached hydrogen (secondary N) is 1. The van der Waals surface area contributed by atoms with Crippen molar-refractivity contribution in [2.45, 2.75) is 11.8 Å². The first-order valence-corrected chi connectivity index (χ1v) is 9.65. The van der Waals surface area contributed by atoms with Crippen LogP contribution in [-0.4, -0.2) is 23.4 Å². The van der Waals surface area contributed by atoms with Crippen molar-refractivity contribution >= 4 is 32.7 Å². The van der Waals surface area contributed by atoms with Crippen molar-refractivity contribution in [3.8, 4) is 17.0 Å². The Morgan fingerprint density at radius 2 is 2.00 bits per heavy atom. The molecule has 0 aliphatic carbocycles. The molecule has 0 saturated carbocycles. The number of nitro benzene ring substituents is 1. The topological polar surface area (TPSA) is 122 Å². The zero-order chi connectivity index (χ0) is 18.9. The first kappa shape index (κ1) is 17.8. The molecule has 10 heteroatoms. The van der Waals surface area contributed by atoms with Gasteiger partial charge in [-0.15, -0.1) is 11.3 Å². The molecule has 2 aromatic carbocycles. The quantitative estimate of drug-likeness (QED) is 0.507. The number of rotatable bonds is 5. The molecule has 0 bridgehead atoms. The van der Waals surface area contributed by atoms with E-state index in [9.17, 15) is 23.6 Å². The molecule has 0 saturated heterocycles. The van der Waals surface area contributed by atoms with Crippen LogP contribution >= 0.6 is 11.3 Å².